The molecule has 0 saturated heterocycles. The zero-order chi connectivity index (χ0) is 18.5. The summed E-state index contributed by atoms with van der Waals surface area (Å²) in [5.74, 6) is 1.15. The first-order valence-corrected chi connectivity index (χ1v) is 8.53. The quantitative estimate of drug-likeness (QED) is 0.715. The van der Waals surface area contributed by atoms with E-state index in [1.165, 1.54) is 0 Å². The van der Waals surface area contributed by atoms with Crippen LogP contribution in [0, 0.1) is 0 Å². The van der Waals surface area contributed by atoms with E-state index in [1.54, 1.807) is 32.5 Å². The number of fused-ring (bicyclic) bond motifs is 1. The molecule has 0 atom stereocenters. The van der Waals surface area contributed by atoms with Crippen LogP contribution in [-0.2, 0) is 6.42 Å². The van der Waals surface area contributed by atoms with Crippen molar-refractivity contribution < 1.29 is 14.3 Å². The third-order valence-electron chi connectivity index (χ3n) is 4.06. The number of nitrogens with zero attached hydrogens (tertiary/aromatic N) is 1. The summed E-state index contributed by atoms with van der Waals surface area (Å²) in [5.41, 5.74) is 2.15. The van der Waals surface area contributed by atoms with Gasteiger partial charge in [0.25, 0.3) is 5.91 Å². The second-order valence-electron chi connectivity index (χ2n) is 5.72. The maximum absolute atomic E-state index is 12.6. The van der Waals surface area contributed by atoms with E-state index in [1.807, 2.05) is 30.3 Å². The topological polar surface area (TPSA) is 60.5 Å². The van der Waals surface area contributed by atoms with E-state index in [9.17, 15) is 4.79 Å². The number of hydrogen-bond donors (Lipinski definition) is 1. The number of carbonyl (C=O) groups excluding carboxylic acids is 1. The van der Waals surface area contributed by atoms with Gasteiger partial charge < -0.3 is 14.8 Å². The molecular weight excluding hydrogens is 352 g/mol. The Kier molecular flexibility index (Phi) is 5.58. The molecule has 1 amide bonds. The zero-order valence-electron chi connectivity index (χ0n) is 14.6. The molecule has 1 aromatic heterocycles. The number of aromatic nitrogens is 1. The van der Waals surface area contributed by atoms with Gasteiger partial charge in [-0.25, -0.2) is 0 Å². The minimum Gasteiger partial charge on any atom is -0.493 e. The Balaban J connectivity index is 1.70. The van der Waals surface area contributed by atoms with Crippen LogP contribution in [0.1, 0.15) is 15.9 Å². The van der Waals surface area contributed by atoms with Gasteiger partial charge in [-0.15, -0.1) is 0 Å². The largest absolute Gasteiger partial charge is 0.493 e. The fourth-order valence-electron chi connectivity index (χ4n) is 2.78. The lowest BCUT2D eigenvalue weighted by Crippen LogP contribution is -2.26. The van der Waals surface area contributed by atoms with E-state index in [-0.39, 0.29) is 5.91 Å². The first kappa shape index (κ1) is 18.0. The summed E-state index contributed by atoms with van der Waals surface area (Å²) in [7, 11) is 3.20. The summed E-state index contributed by atoms with van der Waals surface area (Å²) in [6, 6.07) is 12.8. The first-order chi connectivity index (χ1) is 12.6. The number of amides is 1. The Hall–Kier alpha value is -2.79. The standard InChI is InChI=1S/C20H19ClN2O3/c1-25-17-6-5-13(10-18(17)26-2)7-9-23-20(24)16-12-15(21)11-14-4-3-8-22-19(14)16/h3-6,8,10-12H,7,9H2,1-2H3,(H,23,24). The molecular formula is C20H19ClN2O3. The minimum absolute atomic E-state index is 0.198. The van der Waals surface area contributed by atoms with Crippen molar-refractivity contribution in [2.45, 2.75) is 6.42 Å². The van der Waals surface area contributed by atoms with Crippen LogP contribution in [0.4, 0.5) is 0 Å². The van der Waals surface area contributed by atoms with Crippen LogP contribution in [0.3, 0.4) is 0 Å². The fraction of sp³-hybridized carbons (Fsp3) is 0.200. The molecule has 1 heterocycles. The van der Waals surface area contributed by atoms with E-state index in [4.69, 9.17) is 21.1 Å². The maximum Gasteiger partial charge on any atom is 0.253 e. The SMILES string of the molecule is COc1ccc(CCNC(=O)c2cc(Cl)cc3cccnc23)cc1OC. The van der Waals surface area contributed by atoms with Crippen molar-refractivity contribution >= 4 is 28.4 Å². The molecule has 0 bridgehead atoms. The number of ether oxygens (including phenoxy) is 2. The minimum atomic E-state index is -0.198. The molecule has 0 saturated carbocycles. The molecule has 5 nitrogen and oxygen atoms in total. The molecule has 0 aliphatic heterocycles. The molecule has 0 aliphatic carbocycles. The van der Waals surface area contributed by atoms with Gasteiger partial charge in [0.1, 0.15) is 0 Å². The van der Waals surface area contributed by atoms with E-state index < -0.39 is 0 Å². The lowest BCUT2D eigenvalue weighted by molar-refractivity contribution is 0.0955. The van der Waals surface area contributed by atoms with Gasteiger partial charge in [-0.2, -0.15) is 0 Å². The summed E-state index contributed by atoms with van der Waals surface area (Å²) in [5, 5.41) is 4.27. The predicted molar refractivity (Wildman–Crippen MR) is 102 cm³/mol. The van der Waals surface area contributed by atoms with E-state index in [0.29, 0.717) is 40.6 Å². The number of pyridine rings is 1. The van der Waals surface area contributed by atoms with Crippen molar-refractivity contribution in [2.75, 3.05) is 20.8 Å². The van der Waals surface area contributed by atoms with Crippen molar-refractivity contribution in [2.24, 2.45) is 0 Å². The molecule has 0 fully saturated rings. The summed E-state index contributed by atoms with van der Waals surface area (Å²) >= 11 is 6.13. The van der Waals surface area contributed by atoms with Gasteiger partial charge in [0.2, 0.25) is 0 Å². The van der Waals surface area contributed by atoms with Crippen LogP contribution in [-0.4, -0.2) is 31.7 Å². The van der Waals surface area contributed by atoms with Crippen LogP contribution in [0.5, 0.6) is 11.5 Å². The van der Waals surface area contributed by atoms with E-state index in [0.717, 1.165) is 10.9 Å². The Morgan fingerprint density at radius 1 is 1.12 bits per heavy atom. The molecule has 134 valence electrons. The molecule has 3 rings (SSSR count). The highest BCUT2D eigenvalue weighted by atomic mass is 35.5. The average molecular weight is 371 g/mol. The van der Waals surface area contributed by atoms with Crippen molar-refractivity contribution in [1.29, 1.82) is 0 Å². The number of methoxy groups -OCH3 is 2. The first-order valence-electron chi connectivity index (χ1n) is 8.15. The van der Waals surface area contributed by atoms with Gasteiger partial charge in [0.15, 0.2) is 11.5 Å². The molecule has 0 radical (unpaired) electrons. The highest BCUT2D eigenvalue weighted by Gasteiger charge is 2.12. The molecule has 0 aliphatic rings. The van der Waals surface area contributed by atoms with Crippen LogP contribution in [0.2, 0.25) is 5.02 Å². The predicted octanol–water partition coefficient (Wildman–Crippen LogP) is 3.88. The van der Waals surface area contributed by atoms with Crippen LogP contribution in [0.15, 0.2) is 48.7 Å². The monoisotopic (exact) mass is 370 g/mol. The van der Waals surface area contributed by atoms with Gasteiger partial charge in [0.05, 0.1) is 25.3 Å². The maximum atomic E-state index is 12.6. The summed E-state index contributed by atoms with van der Waals surface area (Å²) < 4.78 is 10.5. The van der Waals surface area contributed by atoms with Crippen LogP contribution < -0.4 is 14.8 Å². The third-order valence-corrected chi connectivity index (χ3v) is 4.28. The summed E-state index contributed by atoms with van der Waals surface area (Å²) in [6.07, 6.45) is 2.33. The molecule has 0 unspecified atom stereocenters. The number of halogens is 1. The van der Waals surface area contributed by atoms with Crippen LogP contribution >= 0.6 is 11.6 Å². The normalized spacial score (nSPS) is 10.6. The number of nitrogens with one attached hydrogen (secondary N) is 1. The zero-order valence-corrected chi connectivity index (χ0v) is 15.3. The Labute approximate surface area is 156 Å². The second kappa shape index (κ2) is 8.06. The van der Waals surface area contributed by atoms with Crippen molar-refractivity contribution in [3.05, 3.63) is 64.8 Å². The van der Waals surface area contributed by atoms with Crippen molar-refractivity contribution in [3.63, 3.8) is 0 Å². The Morgan fingerprint density at radius 3 is 2.69 bits per heavy atom. The van der Waals surface area contributed by atoms with Gasteiger partial charge in [-0.1, -0.05) is 23.7 Å². The third kappa shape index (κ3) is 3.89. The van der Waals surface area contributed by atoms with E-state index >= 15 is 0 Å². The second-order valence-corrected chi connectivity index (χ2v) is 6.16. The highest BCUT2D eigenvalue weighted by molar-refractivity contribution is 6.32. The number of carbonyl (C=O) groups is 1. The van der Waals surface area contributed by atoms with Crippen molar-refractivity contribution in [3.8, 4) is 11.5 Å². The Bertz CT molecular complexity index is 943. The molecule has 3 aromatic rings. The highest BCUT2D eigenvalue weighted by Crippen LogP contribution is 2.27. The average Bonchev–Trinajstić information content (AvgIpc) is 2.67. The number of hydrogen-bond acceptors (Lipinski definition) is 4. The molecule has 26 heavy (non-hydrogen) atoms. The number of benzene rings is 2. The van der Waals surface area contributed by atoms with Crippen LogP contribution in [0.25, 0.3) is 10.9 Å². The van der Waals surface area contributed by atoms with Gasteiger partial charge in [-0.05, 0) is 42.3 Å². The lowest BCUT2D eigenvalue weighted by atomic mass is 10.1. The fourth-order valence-corrected chi connectivity index (χ4v) is 3.01. The number of rotatable bonds is 6. The summed E-state index contributed by atoms with van der Waals surface area (Å²) in [6.45, 7) is 0.481. The lowest BCUT2D eigenvalue weighted by Gasteiger charge is -2.11. The van der Waals surface area contributed by atoms with Gasteiger partial charge in [-0.3, -0.25) is 9.78 Å². The van der Waals surface area contributed by atoms with Crippen molar-refractivity contribution in [1.82, 2.24) is 10.3 Å². The molecule has 1 N–H and O–H groups in total. The van der Waals surface area contributed by atoms with Gasteiger partial charge in [0, 0.05) is 23.2 Å². The molecule has 2 aromatic carbocycles. The smallest absolute Gasteiger partial charge is 0.253 e. The van der Waals surface area contributed by atoms with Gasteiger partial charge >= 0.3 is 0 Å². The molecule has 0 spiro atoms. The van der Waals surface area contributed by atoms with E-state index in [2.05, 4.69) is 10.3 Å². The Morgan fingerprint density at radius 2 is 1.92 bits per heavy atom. The molecule has 6 heteroatoms. The summed E-state index contributed by atoms with van der Waals surface area (Å²) in [4.78, 5) is 16.9.